The van der Waals surface area contributed by atoms with Crippen molar-refractivity contribution in [2.75, 3.05) is 18.5 Å². The molecule has 1 aromatic carbocycles. The molecule has 0 bridgehead atoms. The third kappa shape index (κ3) is 3.61. The first kappa shape index (κ1) is 15.7. The third-order valence-corrected chi connectivity index (χ3v) is 4.41. The van der Waals surface area contributed by atoms with Crippen LogP contribution in [0.3, 0.4) is 0 Å². The Morgan fingerprint density at radius 1 is 1.26 bits per heavy atom. The lowest BCUT2D eigenvalue weighted by Crippen LogP contribution is -2.22. The van der Waals surface area contributed by atoms with Crippen LogP contribution in [-0.4, -0.2) is 29.4 Å². The van der Waals surface area contributed by atoms with Gasteiger partial charge in [0.15, 0.2) is 11.5 Å². The largest absolute Gasteiger partial charge is 0.486 e. The van der Waals surface area contributed by atoms with E-state index in [9.17, 15) is 4.79 Å². The fraction of sp³-hybridized carbons (Fsp3) is 0.375. The number of fused-ring (bicyclic) bond motifs is 1. The lowest BCUT2D eigenvalue weighted by Gasteiger charge is -2.19. The Balaban J connectivity index is 1.64. The van der Waals surface area contributed by atoms with Crippen LogP contribution < -0.4 is 14.8 Å². The van der Waals surface area contributed by atoms with Crippen LogP contribution in [0, 0.1) is 13.8 Å². The number of hydrogen-bond acceptors (Lipinski definition) is 6. The maximum Gasteiger partial charge on any atom is 0.256 e. The normalized spacial score (nSPS) is 14.4. The molecule has 2 heterocycles. The highest BCUT2D eigenvalue weighted by molar-refractivity contribution is 8.00. The zero-order valence-corrected chi connectivity index (χ0v) is 14.0. The van der Waals surface area contributed by atoms with E-state index in [0.29, 0.717) is 35.6 Å². The Labute approximate surface area is 138 Å². The summed E-state index contributed by atoms with van der Waals surface area (Å²) in [6.07, 6.45) is 0. The Morgan fingerprint density at radius 2 is 2.00 bits per heavy atom. The molecule has 1 N–H and O–H groups in total. The van der Waals surface area contributed by atoms with Crippen LogP contribution in [0.4, 0.5) is 5.69 Å². The summed E-state index contributed by atoms with van der Waals surface area (Å²) in [5.74, 6) is 1.99. The van der Waals surface area contributed by atoms with Crippen molar-refractivity contribution in [2.45, 2.75) is 31.2 Å². The molecule has 0 saturated carbocycles. The summed E-state index contributed by atoms with van der Waals surface area (Å²) in [7, 11) is 0. The molecule has 1 aliphatic rings. The molecule has 0 saturated heterocycles. The number of ether oxygens (including phenoxy) is 2. The van der Waals surface area contributed by atoms with E-state index in [1.54, 1.807) is 18.2 Å². The van der Waals surface area contributed by atoms with Crippen molar-refractivity contribution in [2.24, 2.45) is 0 Å². The molecular weight excluding hydrogens is 316 g/mol. The molecule has 3 rings (SSSR count). The molecule has 2 aromatic rings. The van der Waals surface area contributed by atoms with Gasteiger partial charge in [-0.15, -0.1) is 0 Å². The molecule has 1 aromatic heterocycles. The third-order valence-electron chi connectivity index (χ3n) is 3.47. The summed E-state index contributed by atoms with van der Waals surface area (Å²) < 4.78 is 16.5. The number of anilines is 1. The maximum absolute atomic E-state index is 12.3. The van der Waals surface area contributed by atoms with Gasteiger partial charge < -0.3 is 19.2 Å². The van der Waals surface area contributed by atoms with Gasteiger partial charge in [-0.2, -0.15) is 0 Å². The number of thioether (sulfide) groups is 1. The number of aromatic nitrogens is 1. The van der Waals surface area contributed by atoms with Gasteiger partial charge in [0.25, 0.3) is 5.22 Å². The highest BCUT2D eigenvalue weighted by atomic mass is 32.2. The number of carbonyl (C=O) groups excluding carboxylic acids is 1. The van der Waals surface area contributed by atoms with Crippen molar-refractivity contribution >= 4 is 23.4 Å². The van der Waals surface area contributed by atoms with E-state index in [0.717, 1.165) is 11.5 Å². The predicted molar refractivity (Wildman–Crippen MR) is 87.4 cm³/mol. The number of oxazole rings is 1. The van der Waals surface area contributed by atoms with Crippen LogP contribution in [0.5, 0.6) is 11.5 Å². The minimum atomic E-state index is -0.333. The number of amides is 1. The highest BCUT2D eigenvalue weighted by Gasteiger charge is 2.19. The summed E-state index contributed by atoms with van der Waals surface area (Å²) >= 11 is 1.29. The Hall–Kier alpha value is -2.15. The topological polar surface area (TPSA) is 73.6 Å². The molecule has 1 atom stereocenters. The van der Waals surface area contributed by atoms with Gasteiger partial charge in [0.2, 0.25) is 5.91 Å². The second-order valence-corrected chi connectivity index (χ2v) is 6.52. The Kier molecular flexibility index (Phi) is 4.47. The number of nitrogens with zero attached hydrogens (tertiary/aromatic N) is 1. The zero-order chi connectivity index (χ0) is 16.4. The van der Waals surface area contributed by atoms with Crippen LogP contribution in [-0.2, 0) is 4.79 Å². The van der Waals surface area contributed by atoms with Crippen LogP contribution in [0.2, 0.25) is 0 Å². The van der Waals surface area contributed by atoms with E-state index < -0.39 is 0 Å². The van der Waals surface area contributed by atoms with E-state index >= 15 is 0 Å². The molecule has 0 spiro atoms. The summed E-state index contributed by atoms with van der Waals surface area (Å²) in [4.78, 5) is 16.6. The van der Waals surface area contributed by atoms with Gasteiger partial charge in [-0.3, -0.25) is 4.79 Å². The summed E-state index contributed by atoms with van der Waals surface area (Å²) in [5, 5.41) is 3.04. The Morgan fingerprint density at radius 3 is 2.70 bits per heavy atom. The van der Waals surface area contributed by atoms with E-state index in [2.05, 4.69) is 10.3 Å². The first-order valence-corrected chi connectivity index (χ1v) is 8.22. The lowest BCUT2D eigenvalue weighted by molar-refractivity contribution is -0.115. The molecule has 6 nitrogen and oxygen atoms in total. The predicted octanol–water partition coefficient (Wildman–Crippen LogP) is 3.18. The smallest absolute Gasteiger partial charge is 0.256 e. The fourth-order valence-electron chi connectivity index (χ4n) is 2.06. The number of nitrogens with one attached hydrogen (secondary N) is 1. The quantitative estimate of drug-likeness (QED) is 0.866. The molecular formula is C16H18N2O4S. The molecule has 1 amide bonds. The second-order valence-electron chi connectivity index (χ2n) is 5.23. The number of rotatable bonds is 4. The molecule has 0 fully saturated rings. The van der Waals surface area contributed by atoms with Gasteiger partial charge in [-0.1, -0.05) is 11.8 Å². The van der Waals surface area contributed by atoms with Crippen LogP contribution in [0.15, 0.2) is 27.8 Å². The summed E-state index contributed by atoms with van der Waals surface area (Å²) in [6.45, 7) is 6.60. The monoisotopic (exact) mass is 334 g/mol. The first-order chi connectivity index (χ1) is 11.0. The number of hydrogen-bond donors (Lipinski definition) is 1. The summed E-state index contributed by atoms with van der Waals surface area (Å²) in [6, 6.07) is 5.36. The van der Waals surface area contributed by atoms with E-state index in [1.807, 2.05) is 20.8 Å². The molecule has 23 heavy (non-hydrogen) atoms. The average Bonchev–Trinajstić information content (AvgIpc) is 2.85. The van der Waals surface area contributed by atoms with E-state index in [1.165, 1.54) is 11.8 Å². The number of carbonyl (C=O) groups is 1. The minimum Gasteiger partial charge on any atom is -0.486 e. The van der Waals surface area contributed by atoms with Gasteiger partial charge in [0.1, 0.15) is 19.0 Å². The maximum atomic E-state index is 12.3. The van der Waals surface area contributed by atoms with Gasteiger partial charge in [0, 0.05) is 11.8 Å². The fourth-order valence-corrected chi connectivity index (χ4v) is 2.89. The molecule has 0 aliphatic carbocycles. The molecule has 1 unspecified atom stereocenters. The van der Waals surface area contributed by atoms with Crippen molar-refractivity contribution in [3.8, 4) is 11.5 Å². The van der Waals surface area contributed by atoms with Crippen molar-refractivity contribution in [3.05, 3.63) is 29.7 Å². The van der Waals surface area contributed by atoms with Crippen LogP contribution >= 0.6 is 11.8 Å². The second kappa shape index (κ2) is 6.54. The molecule has 122 valence electrons. The molecule has 7 heteroatoms. The number of benzene rings is 1. The van der Waals surface area contributed by atoms with Crippen molar-refractivity contribution in [1.82, 2.24) is 4.98 Å². The standard InChI is InChI=1S/C16H18N2O4S/c1-9-10(2)22-16(17-9)23-11(3)15(19)18-12-4-5-13-14(8-12)21-7-6-20-13/h4-5,8,11H,6-7H2,1-3H3,(H,18,19). The van der Waals surface area contributed by atoms with Crippen molar-refractivity contribution in [3.63, 3.8) is 0 Å². The van der Waals surface area contributed by atoms with E-state index in [4.69, 9.17) is 13.9 Å². The van der Waals surface area contributed by atoms with Gasteiger partial charge in [-0.25, -0.2) is 4.98 Å². The lowest BCUT2D eigenvalue weighted by atomic mass is 10.2. The van der Waals surface area contributed by atoms with Gasteiger partial charge in [0.05, 0.1) is 10.9 Å². The van der Waals surface area contributed by atoms with E-state index in [-0.39, 0.29) is 11.2 Å². The average molecular weight is 334 g/mol. The minimum absolute atomic E-state index is 0.125. The molecule has 0 radical (unpaired) electrons. The SMILES string of the molecule is Cc1nc(SC(C)C(=O)Nc2ccc3c(c2)OCCO3)oc1C. The summed E-state index contributed by atoms with van der Waals surface area (Å²) in [5.41, 5.74) is 1.51. The van der Waals surface area contributed by atoms with Crippen molar-refractivity contribution in [1.29, 1.82) is 0 Å². The van der Waals surface area contributed by atoms with Crippen LogP contribution in [0.25, 0.3) is 0 Å². The Bertz CT molecular complexity index is 709. The first-order valence-electron chi connectivity index (χ1n) is 7.34. The molecule has 1 aliphatic heterocycles. The highest BCUT2D eigenvalue weighted by Crippen LogP contribution is 2.33. The van der Waals surface area contributed by atoms with Gasteiger partial charge in [-0.05, 0) is 32.9 Å². The van der Waals surface area contributed by atoms with Crippen LogP contribution in [0.1, 0.15) is 18.4 Å². The van der Waals surface area contributed by atoms with Gasteiger partial charge >= 0.3 is 0 Å². The number of aryl methyl sites for hydroxylation is 2. The zero-order valence-electron chi connectivity index (χ0n) is 13.2. The van der Waals surface area contributed by atoms with Crippen molar-refractivity contribution < 1.29 is 18.7 Å².